The van der Waals surface area contributed by atoms with E-state index in [4.69, 9.17) is 0 Å². The van der Waals surface area contributed by atoms with Gasteiger partial charge in [-0.25, -0.2) is 4.72 Å². The quantitative estimate of drug-likeness (QED) is 0.612. The van der Waals surface area contributed by atoms with Crippen LogP contribution in [0.2, 0.25) is 0 Å². The van der Waals surface area contributed by atoms with E-state index < -0.39 is 10.2 Å². The second-order valence-electron chi connectivity index (χ2n) is 3.07. The average Bonchev–Trinajstić information content (AvgIpc) is 2.13. The highest BCUT2D eigenvalue weighted by molar-refractivity contribution is 7.87. The van der Waals surface area contributed by atoms with E-state index >= 15 is 0 Å². The number of hydrogen-bond acceptors (Lipinski definition) is 3. The maximum atomic E-state index is 11.5. The standard InChI is InChI=1S/C8H21N3O2S.ClH/c1-4-8-11(3)14(12,13)10-7-6-9-5-2;/h9-10H,4-8H2,1-3H3;1H. The zero-order valence-corrected chi connectivity index (χ0v) is 11.2. The van der Waals surface area contributed by atoms with Crippen LogP contribution in [-0.4, -0.2) is 45.9 Å². The maximum Gasteiger partial charge on any atom is 0.279 e. The highest BCUT2D eigenvalue weighted by Gasteiger charge is 2.14. The van der Waals surface area contributed by atoms with Crippen molar-refractivity contribution in [2.75, 3.05) is 33.2 Å². The Hall–Kier alpha value is 0.120. The van der Waals surface area contributed by atoms with Gasteiger partial charge < -0.3 is 5.32 Å². The molecule has 0 saturated carbocycles. The third-order valence-corrected chi connectivity index (χ3v) is 3.36. The zero-order chi connectivity index (χ0) is 11.0. The minimum Gasteiger partial charge on any atom is -0.316 e. The van der Waals surface area contributed by atoms with Gasteiger partial charge in [0, 0.05) is 26.7 Å². The second kappa shape index (κ2) is 9.35. The van der Waals surface area contributed by atoms with E-state index in [2.05, 4.69) is 10.0 Å². The summed E-state index contributed by atoms with van der Waals surface area (Å²) in [5, 5.41) is 3.05. The fraction of sp³-hybridized carbons (Fsp3) is 1.00. The molecular formula is C8H22ClN3O2S. The summed E-state index contributed by atoms with van der Waals surface area (Å²) in [6.07, 6.45) is 0.824. The topological polar surface area (TPSA) is 61.4 Å². The molecule has 15 heavy (non-hydrogen) atoms. The van der Waals surface area contributed by atoms with Crippen molar-refractivity contribution < 1.29 is 8.42 Å². The maximum absolute atomic E-state index is 11.5. The Morgan fingerprint density at radius 1 is 1.20 bits per heavy atom. The Morgan fingerprint density at radius 2 is 1.80 bits per heavy atom. The van der Waals surface area contributed by atoms with E-state index in [1.165, 1.54) is 4.31 Å². The summed E-state index contributed by atoms with van der Waals surface area (Å²) < 4.78 is 26.8. The molecule has 0 aliphatic carbocycles. The zero-order valence-electron chi connectivity index (χ0n) is 9.62. The van der Waals surface area contributed by atoms with Gasteiger partial charge in [0.1, 0.15) is 0 Å². The smallest absolute Gasteiger partial charge is 0.279 e. The van der Waals surface area contributed by atoms with E-state index in [9.17, 15) is 8.42 Å². The molecule has 0 bridgehead atoms. The molecular weight excluding hydrogens is 238 g/mol. The van der Waals surface area contributed by atoms with Crippen LogP contribution in [0.5, 0.6) is 0 Å². The first-order valence-electron chi connectivity index (χ1n) is 4.96. The van der Waals surface area contributed by atoms with E-state index in [1.54, 1.807) is 7.05 Å². The van der Waals surface area contributed by atoms with Crippen molar-refractivity contribution in [3.63, 3.8) is 0 Å². The molecule has 0 amide bonds. The van der Waals surface area contributed by atoms with Crippen molar-refractivity contribution in [1.29, 1.82) is 0 Å². The summed E-state index contributed by atoms with van der Waals surface area (Å²) in [6, 6.07) is 0. The van der Waals surface area contributed by atoms with E-state index in [0.717, 1.165) is 13.0 Å². The lowest BCUT2D eigenvalue weighted by molar-refractivity contribution is 0.456. The fourth-order valence-corrected chi connectivity index (χ4v) is 1.99. The SMILES string of the molecule is CCCN(C)S(=O)(=O)NCCNCC.Cl. The Balaban J connectivity index is 0. The molecule has 0 aliphatic rings. The molecule has 0 spiro atoms. The molecule has 0 aliphatic heterocycles. The van der Waals surface area contributed by atoms with E-state index in [-0.39, 0.29) is 12.4 Å². The van der Waals surface area contributed by atoms with Gasteiger partial charge in [-0.2, -0.15) is 12.7 Å². The monoisotopic (exact) mass is 259 g/mol. The van der Waals surface area contributed by atoms with Crippen molar-refractivity contribution in [2.24, 2.45) is 0 Å². The largest absolute Gasteiger partial charge is 0.316 e. The van der Waals surface area contributed by atoms with Crippen LogP contribution in [0.25, 0.3) is 0 Å². The summed E-state index contributed by atoms with van der Waals surface area (Å²) in [4.78, 5) is 0. The summed E-state index contributed by atoms with van der Waals surface area (Å²) in [7, 11) is -1.68. The van der Waals surface area contributed by atoms with E-state index in [1.807, 2.05) is 13.8 Å². The van der Waals surface area contributed by atoms with Gasteiger partial charge >= 0.3 is 0 Å². The first-order valence-corrected chi connectivity index (χ1v) is 6.40. The molecule has 2 N–H and O–H groups in total. The number of rotatable bonds is 8. The molecule has 0 rings (SSSR count). The lowest BCUT2D eigenvalue weighted by Crippen LogP contribution is -2.41. The number of likely N-dealkylation sites (N-methyl/N-ethyl adjacent to an activating group) is 1. The van der Waals surface area contributed by atoms with Crippen molar-refractivity contribution in [1.82, 2.24) is 14.3 Å². The Bertz CT molecular complexity index is 234. The lowest BCUT2D eigenvalue weighted by atomic mass is 10.5. The second-order valence-corrected chi connectivity index (χ2v) is 4.94. The third kappa shape index (κ3) is 7.98. The summed E-state index contributed by atoms with van der Waals surface area (Å²) >= 11 is 0. The summed E-state index contributed by atoms with van der Waals surface area (Å²) in [5.41, 5.74) is 0. The van der Waals surface area contributed by atoms with Crippen LogP contribution in [0.1, 0.15) is 20.3 Å². The molecule has 0 fully saturated rings. The third-order valence-electron chi connectivity index (χ3n) is 1.79. The van der Waals surface area contributed by atoms with Crippen LogP contribution in [0.3, 0.4) is 0 Å². The van der Waals surface area contributed by atoms with Gasteiger partial charge in [0.2, 0.25) is 0 Å². The Morgan fingerprint density at radius 3 is 2.27 bits per heavy atom. The minimum atomic E-state index is -3.26. The van der Waals surface area contributed by atoms with Gasteiger partial charge in [-0.3, -0.25) is 0 Å². The number of halogens is 1. The first-order chi connectivity index (χ1) is 6.54. The van der Waals surface area contributed by atoms with Crippen molar-refractivity contribution in [3.8, 4) is 0 Å². The molecule has 0 aromatic carbocycles. The molecule has 0 saturated heterocycles. The number of hydrogen-bond donors (Lipinski definition) is 2. The molecule has 5 nitrogen and oxygen atoms in total. The van der Waals surface area contributed by atoms with Crippen LogP contribution < -0.4 is 10.0 Å². The molecule has 7 heteroatoms. The van der Waals surface area contributed by atoms with Crippen molar-refractivity contribution in [3.05, 3.63) is 0 Å². The lowest BCUT2D eigenvalue weighted by Gasteiger charge is -2.16. The van der Waals surface area contributed by atoms with Gasteiger partial charge in [0.15, 0.2) is 0 Å². The average molecular weight is 260 g/mol. The predicted molar refractivity (Wildman–Crippen MR) is 65.6 cm³/mol. The van der Waals surface area contributed by atoms with E-state index in [0.29, 0.717) is 19.6 Å². The van der Waals surface area contributed by atoms with Crippen LogP contribution in [0.15, 0.2) is 0 Å². The molecule has 0 aromatic heterocycles. The van der Waals surface area contributed by atoms with Gasteiger partial charge in [0.25, 0.3) is 10.2 Å². The highest BCUT2D eigenvalue weighted by atomic mass is 35.5. The molecule has 0 heterocycles. The van der Waals surface area contributed by atoms with Crippen LogP contribution in [0.4, 0.5) is 0 Å². The van der Waals surface area contributed by atoms with Gasteiger partial charge in [0.05, 0.1) is 0 Å². The minimum absolute atomic E-state index is 0. The molecule has 94 valence electrons. The molecule has 0 unspecified atom stereocenters. The van der Waals surface area contributed by atoms with Crippen LogP contribution in [-0.2, 0) is 10.2 Å². The fourth-order valence-electron chi connectivity index (χ4n) is 0.990. The van der Waals surface area contributed by atoms with Gasteiger partial charge in [-0.1, -0.05) is 13.8 Å². The molecule has 0 aromatic rings. The normalized spacial score (nSPS) is 11.5. The van der Waals surface area contributed by atoms with Gasteiger partial charge in [-0.15, -0.1) is 12.4 Å². The molecule has 0 radical (unpaired) electrons. The Kier molecular flexibility index (Phi) is 10.9. The van der Waals surface area contributed by atoms with Crippen LogP contribution in [0, 0.1) is 0 Å². The number of nitrogens with one attached hydrogen (secondary N) is 2. The van der Waals surface area contributed by atoms with Crippen molar-refractivity contribution in [2.45, 2.75) is 20.3 Å². The first kappa shape index (κ1) is 17.5. The summed E-state index contributed by atoms with van der Waals surface area (Å²) in [6.45, 7) is 6.44. The van der Waals surface area contributed by atoms with Gasteiger partial charge in [-0.05, 0) is 13.0 Å². The predicted octanol–water partition coefficient (Wildman–Crippen LogP) is 0.194. The Labute approximate surface area is 99.2 Å². The van der Waals surface area contributed by atoms with Crippen LogP contribution >= 0.6 is 12.4 Å². The summed E-state index contributed by atoms with van der Waals surface area (Å²) in [5.74, 6) is 0. The number of nitrogens with zero attached hydrogens (tertiary/aromatic N) is 1. The van der Waals surface area contributed by atoms with Crippen molar-refractivity contribution >= 4 is 22.6 Å². The molecule has 0 atom stereocenters. The highest BCUT2D eigenvalue weighted by Crippen LogP contribution is 1.93.